The molecule has 0 saturated carbocycles. The molecule has 0 heterocycles. The Hall–Kier alpha value is -0.573. The summed E-state index contributed by atoms with van der Waals surface area (Å²) in [6.45, 7) is 14.0. The van der Waals surface area contributed by atoms with Gasteiger partial charge in [-0.05, 0) is 6.92 Å². The molecule has 0 aliphatic rings. The van der Waals surface area contributed by atoms with Crippen LogP contribution in [0.5, 0.6) is 0 Å². The van der Waals surface area contributed by atoms with Gasteiger partial charge in [0.1, 0.15) is 0 Å². The molecule has 0 aliphatic heterocycles. The van der Waals surface area contributed by atoms with Gasteiger partial charge in [0.2, 0.25) is 0 Å². The van der Waals surface area contributed by atoms with E-state index in [1.807, 2.05) is 0 Å². The van der Waals surface area contributed by atoms with Crippen LogP contribution in [0.4, 0.5) is 0 Å². The first-order valence-corrected chi connectivity index (χ1v) is 7.80. The summed E-state index contributed by atoms with van der Waals surface area (Å²) < 4.78 is 0. The van der Waals surface area contributed by atoms with E-state index >= 15 is 0 Å². The maximum Gasteiger partial charge on any atom is 0.330 e. The lowest BCUT2D eigenvalue weighted by molar-refractivity contribution is -0.132. The van der Waals surface area contributed by atoms with Gasteiger partial charge in [0.15, 0.2) is 0 Å². The first-order valence-electron chi connectivity index (χ1n) is 4.09. The minimum Gasteiger partial charge on any atom is -0.478 e. The molecule has 0 atom stereocenters. The second-order valence-corrected chi connectivity index (χ2v) is 9.83. The van der Waals surface area contributed by atoms with Gasteiger partial charge in [-0.2, -0.15) is 0 Å². The van der Waals surface area contributed by atoms with Crippen LogP contribution in [0, 0.1) is 0 Å². The van der Waals surface area contributed by atoms with Crippen molar-refractivity contribution in [2.24, 2.45) is 0 Å². The van der Waals surface area contributed by atoms with E-state index in [2.05, 4.69) is 33.1 Å². The molecular weight excluding hydrogens is 168 g/mol. The topological polar surface area (TPSA) is 37.3 Å². The summed E-state index contributed by atoms with van der Waals surface area (Å²) in [5, 5.41) is 7.89. The zero-order chi connectivity index (χ0) is 10.4. The zero-order valence-corrected chi connectivity index (χ0v) is 9.77. The molecule has 0 bridgehead atoms. The maximum atomic E-state index is 9.60. The Balaban J connectivity index is 0. The van der Waals surface area contributed by atoms with E-state index in [-0.39, 0.29) is 5.57 Å². The number of rotatable bonds is 2. The molecule has 0 amide bonds. The second kappa shape index (κ2) is 6.00. The number of carboxylic acids is 1. The molecule has 0 radical (unpaired) electrons. The fraction of sp³-hybridized carbons (Fsp3) is 0.667. The van der Waals surface area contributed by atoms with Gasteiger partial charge >= 0.3 is 5.97 Å². The predicted molar refractivity (Wildman–Crippen MR) is 56.3 cm³/mol. The number of carbonyl (C=O) groups is 1. The third kappa shape index (κ3) is 16.2. The fourth-order valence-corrected chi connectivity index (χ4v) is 0. The molecule has 0 aliphatic carbocycles. The molecule has 12 heavy (non-hydrogen) atoms. The van der Waals surface area contributed by atoms with Crippen LogP contribution in [0.1, 0.15) is 13.8 Å². The molecule has 0 fully saturated rings. The van der Waals surface area contributed by atoms with Crippen LogP contribution in [0.15, 0.2) is 12.2 Å². The lowest BCUT2D eigenvalue weighted by Gasteiger charge is -2.09. The molecule has 3 heteroatoms. The van der Waals surface area contributed by atoms with Crippen molar-refractivity contribution in [2.45, 2.75) is 39.5 Å². The molecule has 0 rings (SSSR count). The molecule has 2 nitrogen and oxygen atoms in total. The van der Waals surface area contributed by atoms with Crippen LogP contribution < -0.4 is 0 Å². The molecule has 1 N–H and O–H groups in total. The molecule has 0 aromatic heterocycles. The van der Waals surface area contributed by atoms with Gasteiger partial charge in [-0.3, -0.25) is 0 Å². The molecule has 0 aromatic carbocycles. The average molecular weight is 188 g/mol. The van der Waals surface area contributed by atoms with E-state index in [9.17, 15) is 4.79 Å². The van der Waals surface area contributed by atoms with Crippen LogP contribution in [-0.4, -0.2) is 19.1 Å². The molecule has 0 unspecified atom stereocenters. The van der Waals surface area contributed by atoms with E-state index in [1.54, 1.807) is 0 Å². The van der Waals surface area contributed by atoms with Crippen LogP contribution in [0.25, 0.3) is 0 Å². The largest absolute Gasteiger partial charge is 0.478 e. The Morgan fingerprint density at radius 1 is 1.42 bits per heavy atom. The first kappa shape index (κ1) is 14.0. The third-order valence-corrected chi connectivity index (χ3v) is 3.55. The molecule has 0 saturated heterocycles. The lowest BCUT2D eigenvalue weighted by Crippen LogP contribution is -2.16. The summed E-state index contributed by atoms with van der Waals surface area (Å²) in [6.07, 6.45) is 0. The standard InChI is InChI=1S/C5H14Si.C4H6O2/c1-5-6(2,3)4;1-3(2)4(5)6/h5H2,1-4H3;1H2,2H3,(H,5,6). The van der Waals surface area contributed by atoms with Gasteiger partial charge in [0, 0.05) is 13.6 Å². The summed E-state index contributed by atoms with van der Waals surface area (Å²) in [5.41, 5.74) is 0.176. The van der Waals surface area contributed by atoms with Crippen molar-refractivity contribution >= 4 is 14.0 Å². The summed E-state index contributed by atoms with van der Waals surface area (Å²) in [6, 6.07) is 1.41. The van der Waals surface area contributed by atoms with E-state index in [0.717, 1.165) is 0 Å². The maximum absolute atomic E-state index is 9.60. The van der Waals surface area contributed by atoms with Crippen molar-refractivity contribution in [3.05, 3.63) is 12.2 Å². The van der Waals surface area contributed by atoms with Gasteiger partial charge in [-0.25, -0.2) is 4.79 Å². The van der Waals surface area contributed by atoms with Gasteiger partial charge in [-0.1, -0.05) is 39.2 Å². The van der Waals surface area contributed by atoms with E-state index < -0.39 is 14.0 Å². The number of aliphatic carboxylic acids is 1. The predicted octanol–water partition coefficient (Wildman–Crippen LogP) is 2.99. The van der Waals surface area contributed by atoms with Gasteiger partial charge < -0.3 is 5.11 Å². The lowest BCUT2D eigenvalue weighted by atomic mass is 10.4. The Morgan fingerprint density at radius 3 is 1.58 bits per heavy atom. The highest BCUT2D eigenvalue weighted by Crippen LogP contribution is 2.04. The average Bonchev–Trinajstić information content (AvgIpc) is 1.87. The SMILES string of the molecule is C=C(C)C(=O)O.CC[Si](C)(C)C. The van der Waals surface area contributed by atoms with Crippen LogP contribution >= 0.6 is 0 Å². The molecular formula is C9H20O2Si. The van der Waals surface area contributed by atoms with Crippen molar-refractivity contribution in [3.8, 4) is 0 Å². The highest BCUT2D eigenvalue weighted by atomic mass is 28.3. The normalized spacial score (nSPS) is 9.75. The molecule has 72 valence electrons. The van der Waals surface area contributed by atoms with Crippen molar-refractivity contribution in [1.29, 1.82) is 0 Å². The number of hydrogen-bond acceptors (Lipinski definition) is 1. The molecule has 0 spiro atoms. The highest BCUT2D eigenvalue weighted by molar-refractivity contribution is 6.75. The van der Waals surface area contributed by atoms with Crippen molar-refractivity contribution in [3.63, 3.8) is 0 Å². The first-order chi connectivity index (χ1) is 5.20. The number of carboxylic acid groups (broad SMARTS) is 1. The van der Waals surface area contributed by atoms with Crippen molar-refractivity contribution in [1.82, 2.24) is 0 Å². The van der Waals surface area contributed by atoms with Gasteiger partial charge in [0.05, 0.1) is 0 Å². The minimum absolute atomic E-state index is 0.176. The fourth-order valence-electron chi connectivity index (χ4n) is 0. The quantitative estimate of drug-likeness (QED) is 0.534. The summed E-state index contributed by atoms with van der Waals surface area (Å²) in [5.74, 6) is -0.935. The zero-order valence-electron chi connectivity index (χ0n) is 8.77. The van der Waals surface area contributed by atoms with E-state index in [0.29, 0.717) is 0 Å². The van der Waals surface area contributed by atoms with Gasteiger partial charge in [-0.15, -0.1) is 0 Å². The summed E-state index contributed by atoms with van der Waals surface area (Å²) >= 11 is 0. The van der Waals surface area contributed by atoms with E-state index in [4.69, 9.17) is 5.11 Å². The summed E-state index contributed by atoms with van der Waals surface area (Å²) in [4.78, 5) is 9.60. The minimum atomic E-state index is -0.935. The smallest absolute Gasteiger partial charge is 0.330 e. The monoisotopic (exact) mass is 188 g/mol. The Morgan fingerprint density at radius 2 is 1.58 bits per heavy atom. The number of hydrogen-bond donors (Lipinski definition) is 1. The van der Waals surface area contributed by atoms with E-state index in [1.165, 1.54) is 13.0 Å². The molecule has 0 aromatic rings. The van der Waals surface area contributed by atoms with Crippen molar-refractivity contribution in [2.75, 3.05) is 0 Å². The van der Waals surface area contributed by atoms with Gasteiger partial charge in [0.25, 0.3) is 0 Å². The third-order valence-electron chi connectivity index (χ3n) is 1.43. The van der Waals surface area contributed by atoms with Crippen LogP contribution in [0.3, 0.4) is 0 Å². The Kier molecular flexibility index (Phi) is 6.99. The highest BCUT2D eigenvalue weighted by Gasteiger charge is 2.06. The van der Waals surface area contributed by atoms with Crippen molar-refractivity contribution < 1.29 is 9.90 Å². The Labute approximate surface area is 76.3 Å². The van der Waals surface area contributed by atoms with Crippen LogP contribution in [-0.2, 0) is 4.79 Å². The Bertz CT molecular complexity index is 144. The van der Waals surface area contributed by atoms with Crippen LogP contribution in [0.2, 0.25) is 25.7 Å². The summed E-state index contributed by atoms with van der Waals surface area (Å²) in [7, 11) is -0.631. The second-order valence-electron chi connectivity index (χ2n) is 4.00.